The van der Waals surface area contributed by atoms with E-state index in [1.54, 1.807) is 6.07 Å². The average molecular weight is 1100 g/mol. The standard InChI is InChI=1S/C64H76N2O10S2/c1-5-9-13-17-33-69-50-29-31-52(54(42-50)71-35-19-15-11-7-3)45-21-25-48(26-22-45)66(49-27-23-46(24-28-49)53-32-30-51(70-34-18-14-10-6-2)43-55(53)72-36-20-16-12-8-4)63-60-59(75-39-40-76-60)62(78-63)61-58-57(73-37-38-74-58)56(77-61)41-47(44-65)64(67)68/h21-32,41-43H,5-20,33-40H2,1-4H3,(H,67,68). The fraction of sp³-hybridized carbons (Fsp3) is 0.438. The van der Waals surface area contributed by atoms with Gasteiger partial charge in [0.05, 0.1) is 41.1 Å². The monoisotopic (exact) mass is 1100 g/mol. The summed E-state index contributed by atoms with van der Waals surface area (Å²) in [7, 11) is 0. The Kier molecular flexibility index (Phi) is 21.9. The Bertz CT molecular complexity index is 2820. The fourth-order valence-electron chi connectivity index (χ4n) is 9.45. The molecule has 0 unspecified atom stereocenters. The highest BCUT2D eigenvalue weighted by molar-refractivity contribution is 7.25. The number of carbonyl (C=O) groups is 1. The summed E-state index contributed by atoms with van der Waals surface area (Å²) in [6.45, 7) is 12.7. The summed E-state index contributed by atoms with van der Waals surface area (Å²) in [6.07, 6.45) is 19.2. The lowest BCUT2D eigenvalue weighted by molar-refractivity contribution is -0.132. The molecule has 1 N–H and O–H groups in total. The first-order chi connectivity index (χ1) is 38.3. The first-order valence-corrected chi connectivity index (χ1v) is 30.0. The molecule has 0 bridgehead atoms. The van der Waals surface area contributed by atoms with Crippen molar-refractivity contribution in [1.29, 1.82) is 5.26 Å². The quantitative estimate of drug-likeness (QED) is 0.0244. The number of carboxylic acid groups (broad SMARTS) is 1. The minimum absolute atomic E-state index is 0.277. The Morgan fingerprint density at radius 3 is 1.38 bits per heavy atom. The number of rotatable bonds is 32. The van der Waals surface area contributed by atoms with E-state index < -0.39 is 11.5 Å². The molecular weight excluding hydrogens is 1020 g/mol. The molecule has 2 aromatic heterocycles. The van der Waals surface area contributed by atoms with Gasteiger partial charge in [-0.3, -0.25) is 4.90 Å². The number of carboxylic acids is 1. The van der Waals surface area contributed by atoms with Crippen LogP contribution in [0.25, 0.3) is 38.1 Å². The van der Waals surface area contributed by atoms with Crippen molar-refractivity contribution in [1.82, 2.24) is 0 Å². The van der Waals surface area contributed by atoms with Gasteiger partial charge in [-0.2, -0.15) is 5.26 Å². The molecule has 78 heavy (non-hydrogen) atoms. The number of thiophene rings is 2. The fourth-order valence-corrected chi connectivity index (χ4v) is 11.9. The number of nitrogens with zero attached hydrogens (tertiary/aromatic N) is 2. The van der Waals surface area contributed by atoms with Gasteiger partial charge in [0.15, 0.2) is 23.0 Å². The second-order valence-corrected chi connectivity index (χ2v) is 21.6. The smallest absolute Gasteiger partial charge is 0.346 e. The molecule has 4 aromatic carbocycles. The molecule has 0 saturated carbocycles. The number of unbranched alkanes of at least 4 members (excludes halogenated alkanes) is 12. The molecule has 14 heteroatoms. The first-order valence-electron chi connectivity index (χ1n) is 28.4. The summed E-state index contributed by atoms with van der Waals surface area (Å²) in [5, 5.41) is 20.3. The Morgan fingerprint density at radius 2 is 0.949 bits per heavy atom. The van der Waals surface area contributed by atoms with Gasteiger partial charge in [-0.05, 0) is 91.4 Å². The lowest BCUT2D eigenvalue weighted by Crippen LogP contribution is -2.17. The van der Waals surface area contributed by atoms with Crippen molar-refractivity contribution in [3.05, 3.63) is 95.4 Å². The largest absolute Gasteiger partial charge is 0.493 e. The third kappa shape index (κ3) is 14.8. The van der Waals surface area contributed by atoms with E-state index in [1.165, 1.54) is 67.3 Å². The van der Waals surface area contributed by atoms with Crippen LogP contribution in [0.1, 0.15) is 135 Å². The normalized spacial score (nSPS) is 12.7. The summed E-state index contributed by atoms with van der Waals surface area (Å²) in [4.78, 5) is 16.1. The second-order valence-electron chi connectivity index (χ2n) is 19.6. The number of aliphatic carboxylic acids is 1. The van der Waals surface area contributed by atoms with Crippen LogP contribution in [0.5, 0.6) is 46.0 Å². The molecule has 2 aliphatic rings. The lowest BCUT2D eigenvalue weighted by atomic mass is 10.0. The van der Waals surface area contributed by atoms with Crippen LogP contribution in [0.2, 0.25) is 0 Å². The minimum atomic E-state index is -1.33. The van der Waals surface area contributed by atoms with Crippen molar-refractivity contribution in [3.8, 4) is 84.1 Å². The van der Waals surface area contributed by atoms with Crippen LogP contribution in [-0.2, 0) is 4.79 Å². The molecule has 4 heterocycles. The number of ether oxygens (including phenoxy) is 8. The van der Waals surface area contributed by atoms with Gasteiger partial charge in [0.1, 0.15) is 66.1 Å². The van der Waals surface area contributed by atoms with E-state index in [0.717, 1.165) is 131 Å². The molecule has 8 rings (SSSR count). The Balaban J connectivity index is 1.20. The van der Waals surface area contributed by atoms with E-state index in [9.17, 15) is 15.2 Å². The van der Waals surface area contributed by atoms with Crippen LogP contribution in [0, 0.1) is 11.3 Å². The van der Waals surface area contributed by atoms with Gasteiger partial charge in [0, 0.05) is 34.6 Å². The molecule has 6 aromatic rings. The van der Waals surface area contributed by atoms with Gasteiger partial charge in [-0.1, -0.05) is 129 Å². The first kappa shape index (κ1) is 57.4. The van der Waals surface area contributed by atoms with Gasteiger partial charge in [0.2, 0.25) is 0 Å². The van der Waals surface area contributed by atoms with E-state index in [2.05, 4.69) is 93.3 Å². The van der Waals surface area contributed by atoms with Crippen LogP contribution >= 0.6 is 22.7 Å². The number of benzene rings is 4. The molecule has 0 spiro atoms. The SMILES string of the molecule is CCCCCCOc1ccc(-c2ccc(N(c3ccc(-c4ccc(OCCCCCC)cc4OCCCCCC)cc3)c3sc(-c4sc(C=C(C#N)C(=O)O)c5c4OCCO5)c4c3OCCO4)cc2)c(OCCCCCC)c1. The third-order valence-electron chi connectivity index (χ3n) is 13.7. The van der Waals surface area contributed by atoms with Gasteiger partial charge in [-0.15, -0.1) is 22.7 Å². The molecule has 2 aliphatic heterocycles. The highest BCUT2D eigenvalue weighted by Crippen LogP contribution is 2.62. The topological polar surface area (TPSA) is 138 Å². The Labute approximate surface area is 469 Å². The van der Waals surface area contributed by atoms with Crippen molar-refractivity contribution in [2.75, 3.05) is 57.8 Å². The van der Waals surface area contributed by atoms with Crippen LogP contribution in [0.15, 0.2) is 90.5 Å². The summed E-state index contributed by atoms with van der Waals surface area (Å²) in [5.74, 6) is 3.85. The van der Waals surface area contributed by atoms with Gasteiger partial charge >= 0.3 is 5.97 Å². The zero-order chi connectivity index (χ0) is 54.5. The highest BCUT2D eigenvalue weighted by Gasteiger charge is 2.35. The number of hydrogen-bond acceptors (Lipinski definition) is 13. The predicted octanol–water partition coefficient (Wildman–Crippen LogP) is 17.7. The maximum atomic E-state index is 12.0. The Morgan fingerprint density at radius 1 is 0.538 bits per heavy atom. The van der Waals surface area contributed by atoms with E-state index in [0.29, 0.717) is 79.0 Å². The molecule has 0 fully saturated rings. The molecule has 0 aliphatic carbocycles. The summed E-state index contributed by atoms with van der Waals surface area (Å²) >= 11 is 2.77. The van der Waals surface area contributed by atoms with Crippen LogP contribution in [0.3, 0.4) is 0 Å². The molecule has 0 radical (unpaired) electrons. The molecule has 0 atom stereocenters. The number of hydrogen-bond donors (Lipinski definition) is 1. The summed E-state index contributed by atoms with van der Waals surface area (Å²) in [5.41, 5.74) is 5.29. The zero-order valence-corrected chi connectivity index (χ0v) is 47.6. The second kappa shape index (κ2) is 29.8. The number of nitriles is 1. The molecule has 12 nitrogen and oxygen atoms in total. The third-order valence-corrected chi connectivity index (χ3v) is 16.1. The van der Waals surface area contributed by atoms with Gasteiger partial charge in [0.25, 0.3) is 0 Å². The van der Waals surface area contributed by atoms with Crippen molar-refractivity contribution >= 4 is 51.1 Å². The molecule has 0 saturated heterocycles. The molecular formula is C64H76N2O10S2. The van der Waals surface area contributed by atoms with Crippen LogP contribution < -0.4 is 42.8 Å². The lowest BCUT2D eigenvalue weighted by Gasteiger charge is -2.26. The van der Waals surface area contributed by atoms with Gasteiger partial charge in [-0.25, -0.2) is 4.79 Å². The van der Waals surface area contributed by atoms with Gasteiger partial charge < -0.3 is 43.0 Å². The van der Waals surface area contributed by atoms with Crippen molar-refractivity contribution in [2.45, 2.75) is 130 Å². The molecule has 414 valence electrons. The van der Waals surface area contributed by atoms with E-state index in [4.69, 9.17) is 37.9 Å². The van der Waals surface area contributed by atoms with Crippen LogP contribution in [0.4, 0.5) is 16.4 Å². The zero-order valence-electron chi connectivity index (χ0n) is 46.0. The summed E-state index contributed by atoms with van der Waals surface area (Å²) in [6, 6.07) is 31.2. The van der Waals surface area contributed by atoms with E-state index >= 15 is 0 Å². The van der Waals surface area contributed by atoms with Crippen molar-refractivity contribution in [2.24, 2.45) is 0 Å². The highest BCUT2D eigenvalue weighted by atomic mass is 32.1. The van der Waals surface area contributed by atoms with Crippen LogP contribution in [-0.4, -0.2) is 63.9 Å². The van der Waals surface area contributed by atoms with Crippen molar-refractivity contribution in [3.63, 3.8) is 0 Å². The maximum Gasteiger partial charge on any atom is 0.346 e. The van der Waals surface area contributed by atoms with E-state index in [-0.39, 0.29) is 6.61 Å². The number of anilines is 3. The van der Waals surface area contributed by atoms with E-state index in [1.807, 2.05) is 24.3 Å². The minimum Gasteiger partial charge on any atom is -0.493 e. The Hall–Kier alpha value is -6.82. The predicted molar refractivity (Wildman–Crippen MR) is 315 cm³/mol. The average Bonchev–Trinajstić information content (AvgIpc) is 4.07. The van der Waals surface area contributed by atoms with Crippen molar-refractivity contribution < 1.29 is 47.8 Å². The maximum absolute atomic E-state index is 12.0. The molecule has 0 amide bonds. The number of fused-ring (bicyclic) bond motifs is 2. The summed E-state index contributed by atoms with van der Waals surface area (Å²) < 4.78 is 51.1.